The normalized spacial score (nSPS) is 11.4. The zero-order valence-corrected chi connectivity index (χ0v) is 16.7. The molecule has 3 heterocycles. The molecule has 0 aliphatic heterocycles. The summed E-state index contributed by atoms with van der Waals surface area (Å²) in [6.07, 6.45) is 1.93. The van der Waals surface area contributed by atoms with Crippen molar-refractivity contribution in [2.24, 2.45) is 0 Å². The van der Waals surface area contributed by atoms with Gasteiger partial charge in [-0.25, -0.2) is 9.59 Å². The molecule has 5 nitrogen and oxygen atoms in total. The van der Waals surface area contributed by atoms with Gasteiger partial charge in [0.15, 0.2) is 0 Å². The van der Waals surface area contributed by atoms with Crippen molar-refractivity contribution in [1.82, 2.24) is 4.98 Å². The van der Waals surface area contributed by atoms with E-state index < -0.39 is 11.3 Å². The lowest BCUT2D eigenvalue weighted by molar-refractivity contribution is 0.559. The third kappa shape index (κ3) is 2.76. The quantitative estimate of drug-likeness (QED) is 0.228. The van der Waals surface area contributed by atoms with Crippen LogP contribution in [-0.2, 0) is 0 Å². The second kappa shape index (κ2) is 7.03. The first-order valence-corrected chi connectivity index (χ1v) is 10.1. The van der Waals surface area contributed by atoms with Gasteiger partial charge in [0.2, 0.25) is 0 Å². The van der Waals surface area contributed by atoms with Gasteiger partial charge in [0.05, 0.1) is 16.3 Å². The molecule has 0 N–H and O–H groups in total. The molecule has 152 valence electrons. The minimum atomic E-state index is -0.422. The number of hydrogen-bond acceptors (Lipinski definition) is 5. The maximum absolute atomic E-state index is 11.9. The number of aromatic nitrogens is 1. The van der Waals surface area contributed by atoms with E-state index >= 15 is 0 Å². The van der Waals surface area contributed by atoms with E-state index in [0.717, 1.165) is 5.52 Å². The SMILES string of the molecule is O=c1oc2cccc3c(=O)oc4cccc1c4c23.c1ccc2c(c1)cnc1ccccc12. The van der Waals surface area contributed by atoms with Crippen molar-refractivity contribution >= 4 is 54.4 Å². The first-order valence-electron chi connectivity index (χ1n) is 10.1. The first-order chi connectivity index (χ1) is 15.7. The number of benzene rings is 4. The van der Waals surface area contributed by atoms with Crippen molar-refractivity contribution in [3.63, 3.8) is 0 Å². The molecule has 0 radical (unpaired) electrons. The highest BCUT2D eigenvalue weighted by Gasteiger charge is 2.15. The molecule has 32 heavy (non-hydrogen) atoms. The summed E-state index contributed by atoms with van der Waals surface area (Å²) in [4.78, 5) is 28.1. The average Bonchev–Trinajstić information content (AvgIpc) is 2.84. The molecule has 0 aliphatic rings. The first kappa shape index (κ1) is 18.3. The zero-order chi connectivity index (χ0) is 21.7. The summed E-state index contributed by atoms with van der Waals surface area (Å²) in [5.41, 5.74) is 1.04. The van der Waals surface area contributed by atoms with E-state index in [0.29, 0.717) is 32.7 Å². The Balaban J connectivity index is 0.000000126. The van der Waals surface area contributed by atoms with Crippen LogP contribution in [0.15, 0.2) is 110 Å². The van der Waals surface area contributed by atoms with E-state index in [4.69, 9.17) is 8.83 Å². The highest BCUT2D eigenvalue weighted by atomic mass is 16.4. The van der Waals surface area contributed by atoms with Crippen molar-refractivity contribution in [2.45, 2.75) is 0 Å². The Kier molecular flexibility index (Phi) is 4.01. The minimum absolute atomic E-state index is 0.411. The van der Waals surface area contributed by atoms with Crippen LogP contribution < -0.4 is 11.3 Å². The van der Waals surface area contributed by atoms with Gasteiger partial charge in [-0.3, -0.25) is 4.98 Å². The number of hydrogen-bond donors (Lipinski definition) is 0. The van der Waals surface area contributed by atoms with Gasteiger partial charge < -0.3 is 8.83 Å². The van der Waals surface area contributed by atoms with E-state index in [1.165, 1.54) is 16.2 Å². The molecular formula is C27H15NO4. The standard InChI is InChI=1S/C14H6O4.C13H9N/c15-13-7-3-1-5-9-11(7)12-8(14(16)17-9)4-2-6-10(12)18-13;1-2-6-11-10(5-1)9-14-13-8-4-3-7-12(11)13/h1-6H;1-9H. The van der Waals surface area contributed by atoms with Crippen molar-refractivity contribution in [3.05, 3.63) is 112 Å². The summed E-state index contributed by atoms with van der Waals surface area (Å²) in [6.45, 7) is 0. The van der Waals surface area contributed by atoms with Gasteiger partial charge in [-0.15, -0.1) is 0 Å². The molecule has 3 aromatic heterocycles. The molecule has 0 bridgehead atoms. The van der Waals surface area contributed by atoms with E-state index in [2.05, 4.69) is 35.3 Å². The number of fused-ring (bicyclic) bond motifs is 3. The molecule has 0 fully saturated rings. The monoisotopic (exact) mass is 417 g/mol. The lowest BCUT2D eigenvalue weighted by atomic mass is 10.0. The summed E-state index contributed by atoms with van der Waals surface area (Å²) in [7, 11) is 0. The van der Waals surface area contributed by atoms with Gasteiger partial charge in [-0.2, -0.15) is 0 Å². The second-order valence-electron chi connectivity index (χ2n) is 7.50. The molecule has 0 aliphatic carbocycles. The lowest BCUT2D eigenvalue weighted by Crippen LogP contribution is -2.05. The molecule has 0 amide bonds. The highest BCUT2D eigenvalue weighted by Crippen LogP contribution is 2.30. The fraction of sp³-hybridized carbons (Fsp3) is 0. The van der Waals surface area contributed by atoms with E-state index in [9.17, 15) is 9.59 Å². The zero-order valence-electron chi connectivity index (χ0n) is 16.7. The van der Waals surface area contributed by atoms with Crippen LogP contribution in [0.3, 0.4) is 0 Å². The Morgan fingerprint density at radius 2 is 1.06 bits per heavy atom. The third-order valence-corrected chi connectivity index (χ3v) is 5.65. The smallest absolute Gasteiger partial charge is 0.344 e. The summed E-state index contributed by atoms with van der Waals surface area (Å²) < 4.78 is 10.5. The maximum atomic E-state index is 11.9. The van der Waals surface area contributed by atoms with Gasteiger partial charge in [0.25, 0.3) is 0 Å². The lowest BCUT2D eigenvalue weighted by Gasteiger charge is -2.06. The van der Waals surface area contributed by atoms with Crippen molar-refractivity contribution in [1.29, 1.82) is 0 Å². The molecule has 0 atom stereocenters. The topological polar surface area (TPSA) is 73.3 Å². The summed E-state index contributed by atoms with van der Waals surface area (Å²) in [6, 6.07) is 26.6. The molecule has 0 saturated carbocycles. The number of pyridine rings is 1. The number of para-hydroxylation sites is 1. The second-order valence-corrected chi connectivity index (χ2v) is 7.50. The molecular weight excluding hydrogens is 402 g/mol. The molecule has 0 spiro atoms. The predicted octanol–water partition coefficient (Wildman–Crippen LogP) is 5.88. The van der Waals surface area contributed by atoms with Gasteiger partial charge in [0, 0.05) is 27.7 Å². The van der Waals surface area contributed by atoms with E-state index in [1.54, 1.807) is 36.4 Å². The maximum Gasteiger partial charge on any atom is 0.344 e. The minimum Gasteiger partial charge on any atom is -0.422 e. The Hall–Kier alpha value is -4.51. The van der Waals surface area contributed by atoms with Crippen LogP contribution in [0, 0.1) is 0 Å². The fourth-order valence-corrected chi connectivity index (χ4v) is 4.21. The van der Waals surface area contributed by atoms with E-state index in [-0.39, 0.29) is 0 Å². The largest absolute Gasteiger partial charge is 0.422 e. The van der Waals surface area contributed by atoms with Crippen molar-refractivity contribution in [2.75, 3.05) is 0 Å². The predicted molar refractivity (Wildman–Crippen MR) is 126 cm³/mol. The van der Waals surface area contributed by atoms with Crippen LogP contribution in [0.5, 0.6) is 0 Å². The van der Waals surface area contributed by atoms with Crippen molar-refractivity contribution in [3.8, 4) is 0 Å². The molecule has 4 aromatic carbocycles. The van der Waals surface area contributed by atoms with Crippen LogP contribution in [-0.4, -0.2) is 4.98 Å². The number of rotatable bonds is 0. The molecule has 0 unspecified atom stereocenters. The molecule has 7 rings (SSSR count). The summed E-state index contributed by atoms with van der Waals surface area (Å²) in [5.74, 6) is 0. The van der Waals surface area contributed by atoms with Gasteiger partial charge in [0.1, 0.15) is 11.2 Å². The Morgan fingerprint density at radius 3 is 1.72 bits per heavy atom. The van der Waals surface area contributed by atoms with Crippen molar-refractivity contribution < 1.29 is 8.83 Å². The Morgan fingerprint density at radius 1 is 0.531 bits per heavy atom. The van der Waals surface area contributed by atoms with Crippen LogP contribution >= 0.6 is 0 Å². The number of nitrogens with zero attached hydrogens (tertiary/aromatic N) is 1. The summed E-state index contributed by atoms with van der Waals surface area (Å²) in [5, 5.41) is 5.87. The fourth-order valence-electron chi connectivity index (χ4n) is 4.21. The Bertz CT molecular complexity index is 1740. The van der Waals surface area contributed by atoms with Gasteiger partial charge in [-0.05, 0) is 35.7 Å². The van der Waals surface area contributed by atoms with E-state index in [1.807, 2.05) is 24.4 Å². The van der Waals surface area contributed by atoms with Gasteiger partial charge in [-0.1, -0.05) is 54.6 Å². The summed E-state index contributed by atoms with van der Waals surface area (Å²) >= 11 is 0. The van der Waals surface area contributed by atoms with Gasteiger partial charge >= 0.3 is 11.3 Å². The highest BCUT2D eigenvalue weighted by molar-refractivity contribution is 6.18. The molecule has 0 saturated heterocycles. The molecule has 5 heteroatoms. The van der Waals surface area contributed by atoms with Crippen LogP contribution in [0.2, 0.25) is 0 Å². The average molecular weight is 417 g/mol. The Labute approximate surface area is 180 Å². The third-order valence-electron chi connectivity index (χ3n) is 5.65. The van der Waals surface area contributed by atoms with Crippen LogP contribution in [0.25, 0.3) is 54.4 Å². The van der Waals surface area contributed by atoms with Crippen LogP contribution in [0.4, 0.5) is 0 Å². The molecule has 7 aromatic rings. The van der Waals surface area contributed by atoms with Crippen LogP contribution in [0.1, 0.15) is 0 Å².